The van der Waals surface area contributed by atoms with Gasteiger partial charge in [-0.2, -0.15) is 0 Å². The van der Waals surface area contributed by atoms with Crippen LogP contribution in [-0.2, 0) is 21.1 Å². The Morgan fingerprint density at radius 1 is 1.21 bits per heavy atom. The molecule has 1 saturated heterocycles. The molecule has 1 saturated carbocycles. The lowest BCUT2D eigenvalue weighted by Crippen LogP contribution is -2.35. The molecule has 0 spiro atoms. The van der Waals surface area contributed by atoms with Crippen molar-refractivity contribution in [1.82, 2.24) is 25.2 Å². The Hall–Kier alpha value is -3.57. The zero-order valence-corrected chi connectivity index (χ0v) is 23.0. The number of pyridine rings is 1. The number of sulfone groups is 1. The van der Waals surface area contributed by atoms with Gasteiger partial charge in [-0.05, 0) is 80.0 Å². The molecule has 204 valence electrons. The highest BCUT2D eigenvalue weighted by Crippen LogP contribution is 2.41. The second-order valence-corrected chi connectivity index (χ2v) is 12.8. The maximum absolute atomic E-state index is 13.3. The lowest BCUT2D eigenvalue weighted by molar-refractivity contribution is 0.0694. The third-order valence-corrected chi connectivity index (χ3v) is 9.03. The van der Waals surface area contributed by atoms with E-state index in [1.165, 1.54) is 0 Å². The second kappa shape index (κ2) is 9.56. The quantitative estimate of drug-likeness (QED) is 0.462. The Labute approximate surface area is 227 Å². The fraction of sp³-hybridized carbons (Fsp3) is 0.429. The maximum atomic E-state index is 13.3. The Balaban J connectivity index is 1.34. The summed E-state index contributed by atoms with van der Waals surface area (Å²) in [7, 11) is -3.66. The van der Waals surface area contributed by atoms with Crippen LogP contribution in [0.2, 0.25) is 0 Å². The summed E-state index contributed by atoms with van der Waals surface area (Å²) < 4.78 is 31.0. The van der Waals surface area contributed by atoms with E-state index in [-0.39, 0.29) is 34.4 Å². The monoisotopic (exact) mass is 549 g/mol. The van der Waals surface area contributed by atoms with E-state index in [9.17, 15) is 18.0 Å². The minimum Gasteiger partial charge on any atom is -0.379 e. The zero-order chi connectivity index (χ0) is 27.5. The maximum Gasteiger partial charge on any atom is 0.269 e. The van der Waals surface area contributed by atoms with Gasteiger partial charge in [0.25, 0.3) is 11.8 Å². The van der Waals surface area contributed by atoms with Crippen molar-refractivity contribution in [2.45, 2.75) is 56.6 Å². The van der Waals surface area contributed by atoms with E-state index in [0.29, 0.717) is 59.7 Å². The molecule has 2 N–H and O–H groups in total. The first-order valence-electron chi connectivity index (χ1n) is 13.2. The summed E-state index contributed by atoms with van der Waals surface area (Å²) in [6.07, 6.45) is 5.72. The molecule has 10 nitrogen and oxygen atoms in total. The lowest BCUT2D eigenvalue weighted by atomic mass is 10.0. The normalized spacial score (nSPS) is 19.8. The summed E-state index contributed by atoms with van der Waals surface area (Å²) in [6.45, 7) is 5.31. The molecule has 2 aromatic heterocycles. The summed E-state index contributed by atoms with van der Waals surface area (Å²) >= 11 is 0. The summed E-state index contributed by atoms with van der Waals surface area (Å²) in [5.74, 6) is 0.450. The number of carbonyl (C=O) groups is 2. The molecule has 11 heteroatoms. The number of aromatic amines is 1. The van der Waals surface area contributed by atoms with Gasteiger partial charge in [-0.15, -0.1) is 0 Å². The van der Waals surface area contributed by atoms with Crippen LogP contribution in [0.5, 0.6) is 0 Å². The van der Waals surface area contributed by atoms with E-state index >= 15 is 0 Å². The lowest BCUT2D eigenvalue weighted by Gasteiger charge is -2.24. The number of aryl methyl sites for hydroxylation is 1. The first-order valence-corrected chi connectivity index (χ1v) is 15.1. The molecule has 0 bridgehead atoms. The van der Waals surface area contributed by atoms with Gasteiger partial charge < -0.3 is 19.9 Å². The van der Waals surface area contributed by atoms with Crippen molar-refractivity contribution < 1.29 is 22.7 Å². The third-order valence-electron chi connectivity index (χ3n) is 7.91. The van der Waals surface area contributed by atoms with E-state index < -0.39 is 9.84 Å². The van der Waals surface area contributed by atoms with Gasteiger partial charge in [0.1, 0.15) is 11.4 Å². The molecule has 6 rings (SSSR count). The minimum absolute atomic E-state index is 0.0241. The van der Waals surface area contributed by atoms with Crippen LogP contribution in [0.4, 0.5) is 0 Å². The highest BCUT2D eigenvalue weighted by molar-refractivity contribution is 7.90. The Morgan fingerprint density at radius 3 is 2.69 bits per heavy atom. The van der Waals surface area contributed by atoms with Crippen LogP contribution >= 0.6 is 0 Å². The number of fused-ring (bicyclic) bond motifs is 1. The molecule has 3 aromatic rings. The number of carbonyl (C=O) groups excluding carboxylic acids is 2. The van der Waals surface area contributed by atoms with Gasteiger partial charge in [0.15, 0.2) is 15.7 Å². The van der Waals surface area contributed by atoms with Crippen molar-refractivity contribution in [3.05, 3.63) is 53.0 Å². The fourth-order valence-corrected chi connectivity index (χ4v) is 6.44. The van der Waals surface area contributed by atoms with Crippen molar-refractivity contribution in [3.8, 4) is 22.6 Å². The molecule has 3 aliphatic rings. The second-order valence-electron chi connectivity index (χ2n) is 10.8. The van der Waals surface area contributed by atoms with Gasteiger partial charge in [0.05, 0.1) is 28.8 Å². The minimum atomic E-state index is -3.66. The molecular weight excluding hydrogens is 518 g/mol. The average molecular weight is 550 g/mol. The van der Waals surface area contributed by atoms with Crippen molar-refractivity contribution in [2.75, 3.05) is 19.5 Å². The van der Waals surface area contributed by atoms with Gasteiger partial charge in [-0.1, -0.05) is 0 Å². The molecule has 1 aromatic carbocycles. The summed E-state index contributed by atoms with van der Waals surface area (Å²) in [5.41, 5.74) is 3.84. The van der Waals surface area contributed by atoms with E-state index in [0.717, 1.165) is 31.1 Å². The SMILES string of the molecule is Cc1nc(-c2cc(-c3cc4c(c(S(C)(=O)=O)c3)C(=O)N([C@@H](C)C3CC3)C4)ccn2)[nH]c1C(=O)NC1CCOC1. The molecule has 2 amide bonds. The topological polar surface area (TPSA) is 134 Å². The van der Waals surface area contributed by atoms with Crippen LogP contribution in [0.1, 0.15) is 58.3 Å². The molecule has 2 atom stereocenters. The van der Waals surface area contributed by atoms with Gasteiger partial charge in [-0.3, -0.25) is 14.6 Å². The number of ether oxygens (including phenoxy) is 1. The Morgan fingerprint density at radius 2 is 2.00 bits per heavy atom. The Kier molecular flexibility index (Phi) is 6.30. The number of amides is 2. The van der Waals surface area contributed by atoms with E-state index in [1.54, 1.807) is 36.2 Å². The van der Waals surface area contributed by atoms with Gasteiger partial charge in [-0.25, -0.2) is 13.4 Å². The summed E-state index contributed by atoms with van der Waals surface area (Å²) in [5, 5.41) is 2.96. The van der Waals surface area contributed by atoms with Crippen LogP contribution in [0.3, 0.4) is 0 Å². The van der Waals surface area contributed by atoms with Crippen LogP contribution in [0, 0.1) is 12.8 Å². The number of H-pyrrole nitrogens is 1. The van der Waals surface area contributed by atoms with Crippen molar-refractivity contribution >= 4 is 21.7 Å². The molecular formula is C28H31N5O5S. The Bertz CT molecular complexity index is 1590. The predicted molar refractivity (Wildman–Crippen MR) is 144 cm³/mol. The van der Waals surface area contributed by atoms with Gasteiger partial charge in [0.2, 0.25) is 0 Å². The highest BCUT2D eigenvalue weighted by Gasteiger charge is 2.40. The number of benzene rings is 1. The number of hydrogen-bond donors (Lipinski definition) is 2. The number of imidazole rings is 1. The number of nitrogens with zero attached hydrogens (tertiary/aromatic N) is 3. The number of rotatable bonds is 7. The predicted octanol–water partition coefficient (Wildman–Crippen LogP) is 3.12. The average Bonchev–Trinajstić information content (AvgIpc) is 3.33. The number of aromatic nitrogens is 3. The fourth-order valence-electron chi connectivity index (χ4n) is 5.51. The van der Waals surface area contributed by atoms with E-state index in [1.807, 2.05) is 13.0 Å². The van der Waals surface area contributed by atoms with Crippen LogP contribution in [0.15, 0.2) is 35.4 Å². The first-order chi connectivity index (χ1) is 18.6. The van der Waals surface area contributed by atoms with Gasteiger partial charge >= 0.3 is 0 Å². The van der Waals surface area contributed by atoms with Crippen LogP contribution in [0.25, 0.3) is 22.6 Å². The van der Waals surface area contributed by atoms with Crippen LogP contribution < -0.4 is 5.32 Å². The molecule has 1 aliphatic carbocycles. The molecule has 0 radical (unpaired) electrons. The molecule has 2 fully saturated rings. The largest absolute Gasteiger partial charge is 0.379 e. The standard InChI is InChI=1S/C28H31N5O5S/c1-15-25(27(34)31-21-7-9-38-14-21)32-26(30-15)22-11-18(6-8-29-22)19-10-20-13-33(16(2)17-4-5-17)28(35)24(20)23(12-19)39(3,36)37/h6,8,10-12,16-17,21H,4-5,7,9,13-14H2,1-3H3,(H,30,32)(H,31,34)/t16-,21?/m0/s1. The van der Waals surface area contributed by atoms with Gasteiger partial charge in [0, 0.05) is 31.6 Å². The first kappa shape index (κ1) is 25.7. The zero-order valence-electron chi connectivity index (χ0n) is 22.2. The number of nitrogens with one attached hydrogen (secondary N) is 2. The summed E-state index contributed by atoms with van der Waals surface area (Å²) in [6, 6.07) is 7.12. The number of hydrogen-bond acceptors (Lipinski definition) is 7. The van der Waals surface area contributed by atoms with Crippen molar-refractivity contribution in [3.63, 3.8) is 0 Å². The van der Waals surface area contributed by atoms with Crippen molar-refractivity contribution in [1.29, 1.82) is 0 Å². The van der Waals surface area contributed by atoms with E-state index in [2.05, 4.69) is 20.3 Å². The molecule has 39 heavy (non-hydrogen) atoms. The third kappa shape index (κ3) is 4.85. The van der Waals surface area contributed by atoms with Crippen LogP contribution in [-0.4, -0.2) is 71.6 Å². The van der Waals surface area contributed by atoms with Crippen molar-refractivity contribution in [2.24, 2.45) is 5.92 Å². The van der Waals surface area contributed by atoms with E-state index in [4.69, 9.17) is 4.74 Å². The molecule has 2 aliphatic heterocycles. The highest BCUT2D eigenvalue weighted by atomic mass is 32.2. The smallest absolute Gasteiger partial charge is 0.269 e. The molecule has 1 unspecified atom stereocenters. The molecule has 4 heterocycles. The summed E-state index contributed by atoms with van der Waals surface area (Å²) in [4.78, 5) is 40.0.